The third-order valence-corrected chi connectivity index (χ3v) is 2.44. The number of rotatable bonds is 4. The number of phenols is 2. The van der Waals surface area contributed by atoms with Crippen molar-refractivity contribution in [2.45, 2.75) is 20.8 Å². The van der Waals surface area contributed by atoms with E-state index in [4.69, 9.17) is 9.47 Å². The molecule has 0 saturated carbocycles. The molecule has 0 saturated heterocycles. The fourth-order valence-electron chi connectivity index (χ4n) is 1.65. The lowest BCUT2D eigenvalue weighted by molar-refractivity contribution is 0.0516. The van der Waals surface area contributed by atoms with Crippen LogP contribution in [0.5, 0.6) is 11.5 Å². The summed E-state index contributed by atoms with van der Waals surface area (Å²) >= 11 is 0. The monoisotopic (exact) mass is 268 g/mol. The van der Waals surface area contributed by atoms with Gasteiger partial charge in [-0.1, -0.05) is 0 Å². The molecule has 1 aromatic carbocycles. The third-order valence-electron chi connectivity index (χ3n) is 2.44. The minimum absolute atomic E-state index is 0.0837. The first kappa shape index (κ1) is 14.8. The molecule has 0 spiro atoms. The predicted molar refractivity (Wildman–Crippen MR) is 66.4 cm³/mol. The molecule has 1 rings (SSSR count). The molecule has 19 heavy (non-hydrogen) atoms. The minimum atomic E-state index is -0.900. The molecule has 0 radical (unpaired) electrons. The molecular weight excluding hydrogens is 252 g/mol. The summed E-state index contributed by atoms with van der Waals surface area (Å²) in [5.41, 5.74) is -0.278. The van der Waals surface area contributed by atoms with Gasteiger partial charge in [-0.2, -0.15) is 0 Å². The molecule has 6 nitrogen and oxygen atoms in total. The zero-order valence-corrected chi connectivity index (χ0v) is 11.0. The summed E-state index contributed by atoms with van der Waals surface area (Å²) in [6.07, 6.45) is 0. The van der Waals surface area contributed by atoms with Crippen LogP contribution < -0.4 is 0 Å². The van der Waals surface area contributed by atoms with E-state index in [2.05, 4.69) is 0 Å². The van der Waals surface area contributed by atoms with E-state index < -0.39 is 29.0 Å². The summed E-state index contributed by atoms with van der Waals surface area (Å²) in [6, 6.07) is 1.21. The summed E-state index contributed by atoms with van der Waals surface area (Å²) in [5.74, 6) is -2.73. The van der Waals surface area contributed by atoms with Crippen LogP contribution in [0, 0.1) is 6.92 Å². The van der Waals surface area contributed by atoms with Crippen LogP contribution in [0.15, 0.2) is 6.07 Å². The zero-order chi connectivity index (χ0) is 14.6. The number of benzene rings is 1. The van der Waals surface area contributed by atoms with Gasteiger partial charge in [0.15, 0.2) is 0 Å². The molecule has 0 amide bonds. The van der Waals surface area contributed by atoms with Crippen LogP contribution in [-0.4, -0.2) is 35.4 Å². The molecule has 0 aromatic heterocycles. The van der Waals surface area contributed by atoms with E-state index >= 15 is 0 Å². The van der Waals surface area contributed by atoms with E-state index in [1.807, 2.05) is 0 Å². The quantitative estimate of drug-likeness (QED) is 0.808. The van der Waals surface area contributed by atoms with Crippen molar-refractivity contribution >= 4 is 11.9 Å². The number of aromatic hydroxyl groups is 2. The molecule has 6 heteroatoms. The normalized spacial score (nSPS) is 10.1. The van der Waals surface area contributed by atoms with E-state index in [1.165, 1.54) is 13.0 Å². The minimum Gasteiger partial charge on any atom is -0.507 e. The number of phenolic OH excluding ortho intramolecular Hbond substituents is 2. The second-order valence-corrected chi connectivity index (χ2v) is 3.75. The molecule has 0 bridgehead atoms. The van der Waals surface area contributed by atoms with E-state index in [9.17, 15) is 19.8 Å². The number of carbonyl (C=O) groups is 2. The van der Waals surface area contributed by atoms with Crippen molar-refractivity contribution in [2.75, 3.05) is 13.2 Å². The lowest BCUT2D eigenvalue weighted by atomic mass is 10.0. The van der Waals surface area contributed by atoms with Crippen molar-refractivity contribution in [1.29, 1.82) is 0 Å². The van der Waals surface area contributed by atoms with E-state index in [0.717, 1.165) is 0 Å². The largest absolute Gasteiger partial charge is 0.507 e. The second-order valence-electron chi connectivity index (χ2n) is 3.75. The Morgan fingerprint density at radius 1 is 1.05 bits per heavy atom. The van der Waals surface area contributed by atoms with Crippen LogP contribution >= 0.6 is 0 Å². The Bertz CT molecular complexity index is 464. The Balaban J connectivity index is 3.38. The SMILES string of the molecule is CCOC(=O)c1c(C)cc(O)c(C(=O)OCC)c1O. The molecule has 2 N–H and O–H groups in total. The fourth-order valence-corrected chi connectivity index (χ4v) is 1.65. The van der Waals surface area contributed by atoms with Gasteiger partial charge in [0.25, 0.3) is 0 Å². The lowest BCUT2D eigenvalue weighted by Gasteiger charge is -2.12. The molecule has 0 atom stereocenters. The Kier molecular flexibility index (Phi) is 4.74. The van der Waals surface area contributed by atoms with E-state index in [1.54, 1.807) is 13.8 Å². The third kappa shape index (κ3) is 2.96. The van der Waals surface area contributed by atoms with Crippen LogP contribution in [0.4, 0.5) is 0 Å². The Hall–Kier alpha value is -2.24. The first-order valence-electron chi connectivity index (χ1n) is 5.83. The van der Waals surface area contributed by atoms with E-state index in [0.29, 0.717) is 5.56 Å². The van der Waals surface area contributed by atoms with E-state index in [-0.39, 0.29) is 18.8 Å². The van der Waals surface area contributed by atoms with Crippen molar-refractivity contribution in [3.05, 3.63) is 22.8 Å². The Morgan fingerprint density at radius 3 is 2.00 bits per heavy atom. The highest BCUT2D eigenvalue weighted by Gasteiger charge is 2.26. The second kappa shape index (κ2) is 6.08. The van der Waals surface area contributed by atoms with Crippen molar-refractivity contribution in [2.24, 2.45) is 0 Å². The first-order valence-corrected chi connectivity index (χ1v) is 5.83. The average Bonchev–Trinajstić information content (AvgIpc) is 2.28. The molecule has 0 aliphatic heterocycles. The van der Waals surface area contributed by atoms with Crippen LogP contribution in [0.3, 0.4) is 0 Å². The van der Waals surface area contributed by atoms with Crippen molar-refractivity contribution in [3.63, 3.8) is 0 Å². The molecule has 0 unspecified atom stereocenters. The highest BCUT2D eigenvalue weighted by atomic mass is 16.5. The predicted octanol–water partition coefficient (Wildman–Crippen LogP) is 1.76. The van der Waals surface area contributed by atoms with Crippen LogP contribution in [0.25, 0.3) is 0 Å². The van der Waals surface area contributed by atoms with Crippen molar-refractivity contribution in [3.8, 4) is 11.5 Å². The molecule has 104 valence electrons. The summed E-state index contributed by atoms with van der Waals surface area (Å²) < 4.78 is 9.50. The number of esters is 2. The molecule has 0 heterocycles. The van der Waals surface area contributed by atoms with Gasteiger partial charge in [0.05, 0.1) is 13.2 Å². The van der Waals surface area contributed by atoms with Crippen LogP contribution in [0.1, 0.15) is 40.1 Å². The van der Waals surface area contributed by atoms with Gasteiger partial charge in [0, 0.05) is 0 Å². The number of ether oxygens (including phenoxy) is 2. The number of carbonyl (C=O) groups excluding carboxylic acids is 2. The van der Waals surface area contributed by atoms with Gasteiger partial charge in [0.1, 0.15) is 22.6 Å². The van der Waals surface area contributed by atoms with Crippen LogP contribution in [0.2, 0.25) is 0 Å². The maximum Gasteiger partial charge on any atom is 0.345 e. The topological polar surface area (TPSA) is 93.1 Å². The highest BCUT2D eigenvalue weighted by Crippen LogP contribution is 2.34. The van der Waals surface area contributed by atoms with Gasteiger partial charge in [-0.3, -0.25) is 0 Å². The number of hydrogen-bond acceptors (Lipinski definition) is 6. The molecule has 0 aliphatic carbocycles. The molecule has 0 fully saturated rings. The summed E-state index contributed by atoms with van der Waals surface area (Å²) in [6.45, 7) is 4.94. The maximum absolute atomic E-state index is 11.7. The summed E-state index contributed by atoms with van der Waals surface area (Å²) in [7, 11) is 0. The van der Waals surface area contributed by atoms with Gasteiger partial charge < -0.3 is 19.7 Å². The van der Waals surface area contributed by atoms with Gasteiger partial charge in [-0.05, 0) is 32.4 Å². The lowest BCUT2D eigenvalue weighted by Crippen LogP contribution is -2.12. The zero-order valence-electron chi connectivity index (χ0n) is 11.0. The fraction of sp³-hybridized carbons (Fsp3) is 0.385. The van der Waals surface area contributed by atoms with Gasteiger partial charge >= 0.3 is 11.9 Å². The first-order chi connectivity index (χ1) is 8.93. The molecule has 0 aliphatic rings. The molecule has 1 aromatic rings. The average molecular weight is 268 g/mol. The Morgan fingerprint density at radius 2 is 1.53 bits per heavy atom. The standard InChI is InChI=1S/C13H16O6/c1-4-18-12(16)9-7(3)6-8(14)10(11(9)15)13(17)19-5-2/h6,14-15H,4-5H2,1-3H3. The summed E-state index contributed by atoms with van der Waals surface area (Å²) in [4.78, 5) is 23.4. The van der Waals surface area contributed by atoms with Gasteiger partial charge in [-0.25, -0.2) is 9.59 Å². The van der Waals surface area contributed by atoms with Crippen LogP contribution in [-0.2, 0) is 9.47 Å². The van der Waals surface area contributed by atoms with Crippen molar-refractivity contribution < 1.29 is 29.3 Å². The molecular formula is C13H16O6. The highest BCUT2D eigenvalue weighted by molar-refractivity contribution is 6.02. The number of hydrogen-bond donors (Lipinski definition) is 2. The smallest absolute Gasteiger partial charge is 0.345 e. The van der Waals surface area contributed by atoms with Gasteiger partial charge in [-0.15, -0.1) is 0 Å². The summed E-state index contributed by atoms with van der Waals surface area (Å²) in [5, 5.41) is 19.7. The number of aryl methyl sites for hydroxylation is 1. The van der Waals surface area contributed by atoms with Gasteiger partial charge in [0.2, 0.25) is 0 Å². The maximum atomic E-state index is 11.7. The Labute approximate surface area is 110 Å². The van der Waals surface area contributed by atoms with Crippen molar-refractivity contribution in [1.82, 2.24) is 0 Å².